The molecule has 2 aromatic rings. The molecule has 136 valence electrons. The van der Waals surface area contributed by atoms with Crippen LogP contribution in [-0.4, -0.2) is 43.6 Å². The van der Waals surface area contributed by atoms with Crippen molar-refractivity contribution in [2.24, 2.45) is 0 Å². The second kappa shape index (κ2) is 7.91. The number of urea groups is 1. The molecular formula is C20H23N3O3. The van der Waals surface area contributed by atoms with Gasteiger partial charge < -0.3 is 20.3 Å². The second-order valence-electron chi connectivity index (χ2n) is 6.42. The molecule has 3 amide bonds. The average molecular weight is 353 g/mol. The van der Waals surface area contributed by atoms with Gasteiger partial charge in [-0.1, -0.05) is 24.3 Å². The van der Waals surface area contributed by atoms with E-state index in [1.54, 1.807) is 19.1 Å². The van der Waals surface area contributed by atoms with Gasteiger partial charge in [0.25, 0.3) is 0 Å². The highest BCUT2D eigenvalue weighted by Crippen LogP contribution is 2.25. The zero-order valence-corrected chi connectivity index (χ0v) is 15.0. The Morgan fingerprint density at radius 2 is 1.92 bits per heavy atom. The van der Waals surface area contributed by atoms with E-state index in [4.69, 9.17) is 4.74 Å². The fourth-order valence-electron chi connectivity index (χ4n) is 3.03. The van der Waals surface area contributed by atoms with Crippen LogP contribution in [0.4, 0.5) is 10.5 Å². The van der Waals surface area contributed by atoms with E-state index in [0.717, 1.165) is 22.6 Å². The summed E-state index contributed by atoms with van der Waals surface area (Å²) in [5, 5.41) is 5.76. The molecule has 1 atom stereocenters. The summed E-state index contributed by atoms with van der Waals surface area (Å²) in [5.74, 6) is 0.927. The van der Waals surface area contributed by atoms with Crippen LogP contribution in [-0.2, 0) is 4.79 Å². The fraction of sp³-hybridized carbons (Fsp3) is 0.300. The molecule has 2 aromatic carbocycles. The first-order valence-electron chi connectivity index (χ1n) is 8.61. The summed E-state index contributed by atoms with van der Waals surface area (Å²) in [7, 11) is 3.40. The number of nitrogens with zero attached hydrogens (tertiary/aromatic N) is 1. The molecule has 1 aliphatic heterocycles. The quantitative estimate of drug-likeness (QED) is 0.887. The van der Waals surface area contributed by atoms with Crippen LogP contribution in [0.3, 0.4) is 0 Å². The number of hydrogen-bond acceptors (Lipinski definition) is 3. The third-order valence-corrected chi connectivity index (χ3v) is 4.51. The lowest BCUT2D eigenvalue weighted by molar-refractivity contribution is -0.132. The van der Waals surface area contributed by atoms with Crippen molar-refractivity contribution in [3.05, 3.63) is 48.5 Å². The predicted octanol–water partition coefficient (Wildman–Crippen LogP) is 3.10. The number of rotatable bonds is 4. The number of hydrogen-bond donors (Lipinski definition) is 2. The van der Waals surface area contributed by atoms with Crippen LogP contribution >= 0.6 is 0 Å². The average Bonchev–Trinajstić information content (AvgIpc) is 2.65. The normalized spacial score (nSPS) is 16.9. The molecule has 6 heteroatoms. The Morgan fingerprint density at radius 3 is 2.62 bits per heavy atom. The molecule has 2 N–H and O–H groups in total. The summed E-state index contributed by atoms with van der Waals surface area (Å²) in [6.45, 7) is 0.543. The van der Waals surface area contributed by atoms with Crippen LogP contribution in [0.1, 0.15) is 12.8 Å². The molecule has 0 bridgehead atoms. The zero-order chi connectivity index (χ0) is 18.5. The molecule has 0 saturated carbocycles. The van der Waals surface area contributed by atoms with Gasteiger partial charge >= 0.3 is 6.03 Å². The van der Waals surface area contributed by atoms with Gasteiger partial charge in [0.05, 0.1) is 7.11 Å². The van der Waals surface area contributed by atoms with Gasteiger partial charge in [-0.3, -0.25) is 4.79 Å². The van der Waals surface area contributed by atoms with E-state index in [2.05, 4.69) is 10.6 Å². The lowest BCUT2D eigenvalue weighted by atomic mass is 10.1. The van der Waals surface area contributed by atoms with Gasteiger partial charge in [-0.05, 0) is 41.8 Å². The maximum absolute atomic E-state index is 12.2. The Morgan fingerprint density at radius 1 is 1.15 bits per heavy atom. The summed E-state index contributed by atoms with van der Waals surface area (Å²) in [4.78, 5) is 25.3. The van der Waals surface area contributed by atoms with Crippen molar-refractivity contribution in [3.63, 3.8) is 0 Å². The molecule has 3 rings (SSSR count). The second-order valence-corrected chi connectivity index (χ2v) is 6.42. The van der Waals surface area contributed by atoms with Gasteiger partial charge in [0.1, 0.15) is 5.75 Å². The van der Waals surface area contributed by atoms with E-state index in [1.165, 1.54) is 0 Å². The first kappa shape index (κ1) is 17.8. The Labute approximate surface area is 153 Å². The van der Waals surface area contributed by atoms with Gasteiger partial charge in [0, 0.05) is 31.7 Å². The highest BCUT2D eigenvalue weighted by molar-refractivity contribution is 5.90. The van der Waals surface area contributed by atoms with Crippen molar-refractivity contribution >= 4 is 17.6 Å². The van der Waals surface area contributed by atoms with Crippen LogP contribution in [0.25, 0.3) is 11.1 Å². The molecule has 1 aliphatic rings. The molecule has 0 aromatic heterocycles. The van der Waals surface area contributed by atoms with Gasteiger partial charge in [-0.25, -0.2) is 4.79 Å². The van der Waals surface area contributed by atoms with Crippen LogP contribution in [0.2, 0.25) is 0 Å². The highest BCUT2D eigenvalue weighted by atomic mass is 16.5. The molecule has 1 saturated heterocycles. The van der Waals surface area contributed by atoms with Gasteiger partial charge in [0.15, 0.2) is 0 Å². The Kier molecular flexibility index (Phi) is 5.41. The molecule has 0 spiro atoms. The predicted molar refractivity (Wildman–Crippen MR) is 101 cm³/mol. The van der Waals surface area contributed by atoms with Gasteiger partial charge in [-0.2, -0.15) is 0 Å². The maximum Gasteiger partial charge on any atom is 0.319 e. The first-order chi connectivity index (χ1) is 12.5. The zero-order valence-electron chi connectivity index (χ0n) is 15.0. The molecular weight excluding hydrogens is 330 g/mol. The minimum atomic E-state index is -0.258. The third kappa shape index (κ3) is 4.33. The number of methoxy groups -OCH3 is 1. The van der Waals surface area contributed by atoms with Crippen molar-refractivity contribution < 1.29 is 14.3 Å². The van der Waals surface area contributed by atoms with Crippen LogP contribution in [0.15, 0.2) is 48.5 Å². The first-order valence-corrected chi connectivity index (χ1v) is 8.61. The smallest absolute Gasteiger partial charge is 0.319 e. The summed E-state index contributed by atoms with van der Waals surface area (Å²) in [6, 6.07) is 15.2. The largest absolute Gasteiger partial charge is 0.497 e. The number of amides is 3. The monoisotopic (exact) mass is 353 g/mol. The molecule has 6 nitrogen and oxygen atoms in total. The lowest BCUT2D eigenvalue weighted by Gasteiger charge is -2.30. The molecule has 1 heterocycles. The van der Waals surface area contributed by atoms with E-state index in [9.17, 15) is 9.59 Å². The third-order valence-electron chi connectivity index (χ3n) is 4.51. The van der Waals surface area contributed by atoms with Crippen LogP contribution in [0.5, 0.6) is 5.75 Å². The summed E-state index contributed by atoms with van der Waals surface area (Å²) >= 11 is 0. The Balaban J connectivity index is 1.58. The Hall–Kier alpha value is -3.02. The van der Waals surface area contributed by atoms with Crippen molar-refractivity contribution in [1.29, 1.82) is 0 Å². The number of likely N-dealkylation sites (N-methyl/N-ethyl adjacent to an activating group) is 1. The molecule has 26 heavy (non-hydrogen) atoms. The fourth-order valence-corrected chi connectivity index (χ4v) is 3.03. The number of likely N-dealkylation sites (tertiary alicyclic amines) is 1. The van der Waals surface area contributed by atoms with Crippen LogP contribution < -0.4 is 15.4 Å². The minimum absolute atomic E-state index is 0.0197. The van der Waals surface area contributed by atoms with Crippen molar-refractivity contribution in [2.75, 3.05) is 26.0 Å². The lowest BCUT2D eigenvalue weighted by Crippen LogP contribution is -2.49. The maximum atomic E-state index is 12.2. The summed E-state index contributed by atoms with van der Waals surface area (Å²) in [6.07, 6.45) is 1.14. The number of carbonyl (C=O) groups excluding carboxylic acids is 2. The molecule has 0 unspecified atom stereocenters. The highest BCUT2D eigenvalue weighted by Gasteiger charge is 2.23. The standard InChI is InChI=1S/C20H23N3O3/c1-23-13-17(10-11-19(23)24)22-20(25)21-16-8-6-14(7-9-16)15-4-3-5-18(12-15)26-2/h3-9,12,17H,10-11,13H2,1-2H3,(H2,21,22,25)/t17-/m0/s1. The number of ether oxygens (including phenoxy) is 1. The van der Waals surface area contributed by atoms with E-state index >= 15 is 0 Å². The van der Waals surface area contributed by atoms with E-state index in [1.807, 2.05) is 48.5 Å². The number of anilines is 1. The summed E-state index contributed by atoms with van der Waals surface area (Å²) in [5.41, 5.74) is 2.81. The van der Waals surface area contributed by atoms with Gasteiger partial charge in [0.2, 0.25) is 5.91 Å². The number of nitrogens with one attached hydrogen (secondary N) is 2. The van der Waals surface area contributed by atoms with E-state index in [-0.39, 0.29) is 18.0 Å². The SMILES string of the molecule is COc1cccc(-c2ccc(NC(=O)N[C@H]3CCC(=O)N(C)C3)cc2)c1. The Bertz CT molecular complexity index is 789. The number of piperidine rings is 1. The number of carbonyl (C=O) groups is 2. The summed E-state index contributed by atoms with van der Waals surface area (Å²) < 4.78 is 5.25. The molecule has 0 radical (unpaired) electrons. The van der Waals surface area contributed by atoms with E-state index < -0.39 is 0 Å². The topological polar surface area (TPSA) is 70.7 Å². The van der Waals surface area contributed by atoms with Crippen molar-refractivity contribution in [3.8, 4) is 16.9 Å². The number of benzene rings is 2. The molecule has 0 aliphatic carbocycles. The van der Waals surface area contributed by atoms with Crippen molar-refractivity contribution in [1.82, 2.24) is 10.2 Å². The van der Waals surface area contributed by atoms with Crippen molar-refractivity contribution in [2.45, 2.75) is 18.9 Å². The minimum Gasteiger partial charge on any atom is -0.497 e. The van der Waals surface area contributed by atoms with Crippen LogP contribution in [0, 0.1) is 0 Å². The van der Waals surface area contributed by atoms with E-state index in [0.29, 0.717) is 19.4 Å². The molecule has 1 fully saturated rings. The van der Waals surface area contributed by atoms with Gasteiger partial charge in [-0.15, -0.1) is 0 Å².